The van der Waals surface area contributed by atoms with E-state index in [0.717, 1.165) is 0 Å². The molecule has 7 heteroatoms. The van der Waals surface area contributed by atoms with Crippen LogP contribution in [0, 0.1) is 12.7 Å². The second-order valence-electron chi connectivity index (χ2n) is 4.90. The number of sulfonamides is 1. The Labute approximate surface area is 113 Å². The van der Waals surface area contributed by atoms with Crippen molar-refractivity contribution in [2.24, 2.45) is 5.73 Å². The third-order valence-corrected chi connectivity index (χ3v) is 4.57. The van der Waals surface area contributed by atoms with Crippen LogP contribution in [-0.2, 0) is 10.0 Å². The lowest BCUT2D eigenvalue weighted by atomic mass is 10.1. The average molecular weight is 290 g/mol. The van der Waals surface area contributed by atoms with Crippen LogP contribution < -0.4 is 15.2 Å². The van der Waals surface area contributed by atoms with E-state index in [-0.39, 0.29) is 22.8 Å². The molecule has 0 atom stereocenters. The predicted octanol–water partition coefficient (Wildman–Crippen LogP) is 1.16. The number of hydrogen-bond donors (Lipinski definition) is 2. The van der Waals surface area contributed by atoms with Crippen LogP contribution in [0.2, 0.25) is 0 Å². The monoisotopic (exact) mass is 290 g/mol. The summed E-state index contributed by atoms with van der Waals surface area (Å²) in [5.74, 6) is -0.675. The van der Waals surface area contributed by atoms with Gasteiger partial charge in [-0.1, -0.05) is 0 Å². The van der Waals surface area contributed by atoms with Crippen molar-refractivity contribution in [3.05, 3.63) is 23.5 Å². The minimum Gasteiger partial charge on any atom is -0.494 e. The molecule has 0 saturated carbocycles. The summed E-state index contributed by atoms with van der Waals surface area (Å²) in [6.07, 6.45) is 0. The molecule has 108 valence electrons. The number of ether oxygens (including phenoxy) is 1. The van der Waals surface area contributed by atoms with E-state index in [9.17, 15) is 12.8 Å². The first-order valence-electron chi connectivity index (χ1n) is 5.72. The molecule has 0 spiro atoms. The summed E-state index contributed by atoms with van der Waals surface area (Å²) in [6.45, 7) is 4.82. The van der Waals surface area contributed by atoms with E-state index < -0.39 is 21.4 Å². The summed E-state index contributed by atoms with van der Waals surface area (Å²) in [4.78, 5) is -0.118. The first-order valence-corrected chi connectivity index (χ1v) is 7.20. The zero-order valence-corrected chi connectivity index (χ0v) is 12.3. The lowest BCUT2D eigenvalue weighted by Crippen LogP contribution is -2.48. The van der Waals surface area contributed by atoms with Gasteiger partial charge < -0.3 is 10.5 Å². The van der Waals surface area contributed by atoms with Crippen LogP contribution in [0.4, 0.5) is 4.39 Å². The number of rotatable bonds is 5. The highest BCUT2D eigenvalue weighted by Gasteiger charge is 2.27. The average Bonchev–Trinajstić information content (AvgIpc) is 2.31. The first-order chi connectivity index (χ1) is 8.64. The number of benzene rings is 1. The topological polar surface area (TPSA) is 81.4 Å². The smallest absolute Gasteiger partial charge is 0.241 e. The van der Waals surface area contributed by atoms with Crippen molar-refractivity contribution in [2.75, 3.05) is 13.7 Å². The zero-order chi connectivity index (χ0) is 14.8. The molecule has 0 aliphatic heterocycles. The fraction of sp³-hybridized carbons (Fsp3) is 0.500. The number of hydrogen-bond acceptors (Lipinski definition) is 4. The van der Waals surface area contributed by atoms with E-state index in [2.05, 4.69) is 4.72 Å². The maximum atomic E-state index is 13.9. The Morgan fingerprint density at radius 3 is 2.47 bits per heavy atom. The standard InChI is InChI=1S/C12H19FN2O3S/c1-8-10(6-5-9(18-4)11(8)13)19(16,17)15-12(2,3)7-14/h5-6,15H,7,14H2,1-4H3. The summed E-state index contributed by atoms with van der Waals surface area (Å²) in [6, 6.07) is 2.60. The van der Waals surface area contributed by atoms with Gasteiger partial charge in [0.2, 0.25) is 10.0 Å². The molecular formula is C12H19FN2O3S. The molecule has 0 aliphatic rings. The van der Waals surface area contributed by atoms with E-state index in [4.69, 9.17) is 10.5 Å². The molecule has 1 aromatic rings. The molecule has 0 radical (unpaired) electrons. The molecule has 1 rings (SSSR count). The van der Waals surface area contributed by atoms with Gasteiger partial charge in [-0.05, 0) is 32.9 Å². The molecule has 19 heavy (non-hydrogen) atoms. The molecule has 0 bridgehead atoms. The summed E-state index contributed by atoms with van der Waals surface area (Å²) >= 11 is 0. The van der Waals surface area contributed by atoms with Crippen LogP contribution in [0.3, 0.4) is 0 Å². The van der Waals surface area contributed by atoms with Gasteiger partial charge in [-0.15, -0.1) is 0 Å². The van der Waals surface area contributed by atoms with Gasteiger partial charge in [-0.2, -0.15) is 0 Å². The minimum absolute atomic E-state index is 0.00883. The van der Waals surface area contributed by atoms with Crippen LogP contribution >= 0.6 is 0 Å². The Kier molecular flexibility index (Phi) is 4.54. The van der Waals surface area contributed by atoms with E-state index in [0.29, 0.717) is 0 Å². The zero-order valence-electron chi connectivity index (χ0n) is 11.5. The quantitative estimate of drug-likeness (QED) is 0.852. The molecule has 0 aromatic heterocycles. The number of methoxy groups -OCH3 is 1. The third kappa shape index (κ3) is 3.43. The van der Waals surface area contributed by atoms with Crippen molar-refractivity contribution in [3.63, 3.8) is 0 Å². The molecule has 1 aromatic carbocycles. The summed E-state index contributed by atoms with van der Waals surface area (Å²) < 4.78 is 45.5. The highest BCUT2D eigenvalue weighted by Crippen LogP contribution is 2.26. The van der Waals surface area contributed by atoms with E-state index in [1.807, 2.05) is 0 Å². The van der Waals surface area contributed by atoms with Crippen LogP contribution in [0.1, 0.15) is 19.4 Å². The Morgan fingerprint density at radius 1 is 1.42 bits per heavy atom. The van der Waals surface area contributed by atoms with Gasteiger partial charge in [0.1, 0.15) is 0 Å². The van der Waals surface area contributed by atoms with Crippen molar-refractivity contribution in [2.45, 2.75) is 31.2 Å². The van der Waals surface area contributed by atoms with Crippen molar-refractivity contribution in [1.29, 1.82) is 0 Å². The second-order valence-corrected chi connectivity index (χ2v) is 6.55. The Morgan fingerprint density at radius 2 is 2.00 bits per heavy atom. The van der Waals surface area contributed by atoms with Crippen LogP contribution in [0.5, 0.6) is 5.75 Å². The summed E-state index contributed by atoms with van der Waals surface area (Å²) in [7, 11) is -2.51. The van der Waals surface area contributed by atoms with Gasteiger partial charge in [-0.3, -0.25) is 0 Å². The molecule has 5 nitrogen and oxygen atoms in total. The predicted molar refractivity (Wildman–Crippen MR) is 71.1 cm³/mol. The van der Waals surface area contributed by atoms with Gasteiger partial charge in [0.25, 0.3) is 0 Å². The largest absolute Gasteiger partial charge is 0.494 e. The fourth-order valence-corrected chi connectivity index (χ4v) is 3.21. The maximum absolute atomic E-state index is 13.9. The van der Waals surface area contributed by atoms with Crippen molar-refractivity contribution >= 4 is 10.0 Å². The van der Waals surface area contributed by atoms with Gasteiger partial charge in [0.15, 0.2) is 11.6 Å². The number of halogens is 1. The van der Waals surface area contributed by atoms with Gasteiger partial charge >= 0.3 is 0 Å². The van der Waals surface area contributed by atoms with Gasteiger partial charge in [0, 0.05) is 17.6 Å². The van der Waals surface area contributed by atoms with Crippen LogP contribution in [0.15, 0.2) is 17.0 Å². The minimum atomic E-state index is -3.83. The number of nitrogens with one attached hydrogen (secondary N) is 1. The van der Waals surface area contributed by atoms with E-state index in [1.54, 1.807) is 13.8 Å². The molecule has 0 fully saturated rings. The third-order valence-electron chi connectivity index (χ3n) is 2.73. The Balaban J connectivity index is 3.27. The lowest BCUT2D eigenvalue weighted by Gasteiger charge is -2.24. The highest BCUT2D eigenvalue weighted by molar-refractivity contribution is 7.89. The second kappa shape index (κ2) is 5.44. The molecule has 0 unspecified atom stereocenters. The molecule has 0 saturated heterocycles. The van der Waals surface area contributed by atoms with E-state index in [1.165, 1.54) is 26.2 Å². The molecular weight excluding hydrogens is 271 g/mol. The summed E-state index contributed by atoms with van der Waals surface area (Å²) in [5.41, 5.74) is 4.69. The van der Waals surface area contributed by atoms with Crippen LogP contribution in [0.25, 0.3) is 0 Å². The van der Waals surface area contributed by atoms with Crippen molar-refractivity contribution in [3.8, 4) is 5.75 Å². The molecule has 0 aliphatic carbocycles. The molecule has 0 heterocycles. The Hall–Kier alpha value is -1.18. The fourth-order valence-electron chi connectivity index (χ4n) is 1.55. The Bertz CT molecular complexity index is 571. The van der Waals surface area contributed by atoms with Crippen molar-refractivity contribution < 1.29 is 17.5 Å². The normalized spacial score (nSPS) is 12.5. The van der Waals surface area contributed by atoms with Gasteiger partial charge in [-0.25, -0.2) is 17.5 Å². The molecule has 0 amide bonds. The molecule has 3 N–H and O–H groups in total. The number of nitrogens with two attached hydrogens (primary N) is 1. The maximum Gasteiger partial charge on any atom is 0.241 e. The SMILES string of the molecule is COc1ccc(S(=O)(=O)NC(C)(C)CN)c(C)c1F. The first kappa shape index (κ1) is 15.9. The highest BCUT2D eigenvalue weighted by atomic mass is 32.2. The van der Waals surface area contributed by atoms with E-state index >= 15 is 0 Å². The van der Waals surface area contributed by atoms with Gasteiger partial charge in [0.05, 0.1) is 12.0 Å². The van der Waals surface area contributed by atoms with Crippen molar-refractivity contribution in [1.82, 2.24) is 4.72 Å². The van der Waals surface area contributed by atoms with Crippen LogP contribution in [-0.4, -0.2) is 27.6 Å². The lowest BCUT2D eigenvalue weighted by molar-refractivity contribution is 0.383. The summed E-state index contributed by atoms with van der Waals surface area (Å²) in [5, 5.41) is 0.